The Labute approximate surface area is 117 Å². The highest BCUT2D eigenvalue weighted by atomic mass is 79.9. The van der Waals surface area contributed by atoms with Crippen molar-refractivity contribution >= 4 is 26.0 Å². The minimum absolute atomic E-state index is 0.231. The van der Waals surface area contributed by atoms with E-state index in [2.05, 4.69) is 20.7 Å². The Bertz CT molecular complexity index is 526. The molecular formula is C12H18BrNO3S. The summed E-state index contributed by atoms with van der Waals surface area (Å²) < 4.78 is 27.6. The molecule has 6 heteroatoms. The number of nitrogens with one attached hydrogen (secondary N) is 1. The van der Waals surface area contributed by atoms with Crippen molar-refractivity contribution in [2.45, 2.75) is 38.2 Å². The molecule has 0 radical (unpaired) electrons. The summed E-state index contributed by atoms with van der Waals surface area (Å²) in [6.07, 6.45) is -0.117. The maximum absolute atomic E-state index is 12.1. The van der Waals surface area contributed by atoms with Gasteiger partial charge in [-0.1, -0.05) is 15.9 Å². The fourth-order valence-corrected chi connectivity index (χ4v) is 3.34. The molecule has 0 aliphatic carbocycles. The summed E-state index contributed by atoms with van der Waals surface area (Å²) in [5.74, 6) is 0. The Hall–Kier alpha value is -0.430. The summed E-state index contributed by atoms with van der Waals surface area (Å²) in [5.41, 5.74) is 1.56. The number of sulfonamides is 1. The first-order valence-corrected chi connectivity index (χ1v) is 7.96. The van der Waals surface area contributed by atoms with Gasteiger partial charge in [-0.3, -0.25) is 0 Å². The largest absolute Gasteiger partial charge is 0.393 e. The zero-order chi connectivity index (χ0) is 13.9. The van der Waals surface area contributed by atoms with Crippen LogP contribution in [0.3, 0.4) is 0 Å². The SMILES string of the molecule is Cc1cc(S(=O)(=O)NCCC(C)O)c(C)cc1Br. The molecule has 4 nitrogen and oxygen atoms in total. The van der Waals surface area contributed by atoms with Crippen molar-refractivity contribution < 1.29 is 13.5 Å². The Kier molecular flexibility index (Phi) is 5.33. The van der Waals surface area contributed by atoms with Crippen LogP contribution in [0.4, 0.5) is 0 Å². The second kappa shape index (κ2) is 6.14. The van der Waals surface area contributed by atoms with Gasteiger partial charge in [0.2, 0.25) is 10.0 Å². The van der Waals surface area contributed by atoms with Crippen molar-refractivity contribution in [3.8, 4) is 0 Å². The Morgan fingerprint density at radius 3 is 2.50 bits per heavy atom. The van der Waals surface area contributed by atoms with Gasteiger partial charge in [0.1, 0.15) is 0 Å². The van der Waals surface area contributed by atoms with E-state index in [1.54, 1.807) is 26.0 Å². The van der Waals surface area contributed by atoms with E-state index in [0.29, 0.717) is 12.0 Å². The van der Waals surface area contributed by atoms with Crippen molar-refractivity contribution in [1.82, 2.24) is 4.72 Å². The monoisotopic (exact) mass is 335 g/mol. The fraction of sp³-hybridized carbons (Fsp3) is 0.500. The van der Waals surface area contributed by atoms with Gasteiger partial charge in [-0.05, 0) is 50.5 Å². The summed E-state index contributed by atoms with van der Waals surface area (Å²) in [6, 6.07) is 3.43. The molecule has 0 aliphatic heterocycles. The summed E-state index contributed by atoms with van der Waals surface area (Å²) in [5, 5.41) is 9.11. The molecule has 2 N–H and O–H groups in total. The molecular weight excluding hydrogens is 318 g/mol. The maximum Gasteiger partial charge on any atom is 0.240 e. The third kappa shape index (κ3) is 4.05. The maximum atomic E-state index is 12.1. The number of benzene rings is 1. The summed E-state index contributed by atoms with van der Waals surface area (Å²) in [7, 11) is -3.51. The molecule has 1 rings (SSSR count). The van der Waals surface area contributed by atoms with Gasteiger partial charge in [-0.2, -0.15) is 0 Å². The van der Waals surface area contributed by atoms with E-state index in [1.165, 1.54) is 0 Å². The van der Waals surface area contributed by atoms with Crippen LogP contribution >= 0.6 is 15.9 Å². The number of aryl methyl sites for hydroxylation is 2. The summed E-state index contributed by atoms with van der Waals surface area (Å²) in [4.78, 5) is 0.286. The Morgan fingerprint density at radius 2 is 1.94 bits per heavy atom. The lowest BCUT2D eigenvalue weighted by Gasteiger charge is -2.11. The van der Waals surface area contributed by atoms with Gasteiger partial charge in [0.25, 0.3) is 0 Å². The van der Waals surface area contributed by atoms with Crippen molar-refractivity contribution in [1.29, 1.82) is 0 Å². The number of halogens is 1. The van der Waals surface area contributed by atoms with Gasteiger partial charge < -0.3 is 5.11 Å². The highest BCUT2D eigenvalue weighted by Crippen LogP contribution is 2.24. The molecule has 0 aromatic heterocycles. The molecule has 0 amide bonds. The lowest BCUT2D eigenvalue weighted by atomic mass is 10.2. The van der Waals surface area contributed by atoms with Crippen LogP contribution in [-0.2, 0) is 10.0 Å². The van der Waals surface area contributed by atoms with Gasteiger partial charge >= 0.3 is 0 Å². The molecule has 0 heterocycles. The number of hydrogen-bond acceptors (Lipinski definition) is 3. The predicted molar refractivity (Wildman–Crippen MR) is 75.1 cm³/mol. The zero-order valence-corrected chi connectivity index (χ0v) is 13.1. The molecule has 0 saturated heterocycles. The average molecular weight is 336 g/mol. The van der Waals surface area contributed by atoms with Crippen LogP contribution in [0.2, 0.25) is 0 Å². The predicted octanol–water partition coefficient (Wildman–Crippen LogP) is 2.12. The van der Waals surface area contributed by atoms with Crippen molar-refractivity contribution in [3.05, 3.63) is 27.7 Å². The van der Waals surface area contributed by atoms with Crippen LogP contribution in [0.1, 0.15) is 24.5 Å². The lowest BCUT2D eigenvalue weighted by Crippen LogP contribution is -2.27. The van der Waals surface area contributed by atoms with Gasteiger partial charge in [-0.15, -0.1) is 0 Å². The minimum atomic E-state index is -3.51. The highest BCUT2D eigenvalue weighted by Gasteiger charge is 2.17. The molecule has 0 spiro atoms. The minimum Gasteiger partial charge on any atom is -0.393 e. The highest BCUT2D eigenvalue weighted by molar-refractivity contribution is 9.10. The molecule has 1 unspecified atom stereocenters. The van der Waals surface area contributed by atoms with Crippen LogP contribution in [-0.4, -0.2) is 26.2 Å². The molecule has 1 aromatic carbocycles. The molecule has 0 aliphatic rings. The number of rotatable bonds is 5. The van der Waals surface area contributed by atoms with E-state index in [4.69, 9.17) is 5.11 Å². The van der Waals surface area contributed by atoms with Crippen molar-refractivity contribution in [2.24, 2.45) is 0 Å². The van der Waals surface area contributed by atoms with E-state index in [1.807, 2.05) is 6.92 Å². The molecule has 0 bridgehead atoms. The first kappa shape index (κ1) is 15.6. The second-order valence-electron chi connectivity index (χ2n) is 4.40. The number of hydrogen-bond donors (Lipinski definition) is 2. The Balaban J connectivity index is 2.95. The summed E-state index contributed by atoms with van der Waals surface area (Å²) >= 11 is 3.37. The second-order valence-corrected chi connectivity index (χ2v) is 6.99. The number of aliphatic hydroxyl groups is 1. The fourth-order valence-electron chi connectivity index (χ4n) is 1.52. The van der Waals surface area contributed by atoms with Crippen LogP contribution in [0, 0.1) is 13.8 Å². The van der Waals surface area contributed by atoms with E-state index in [0.717, 1.165) is 10.0 Å². The summed E-state index contributed by atoms with van der Waals surface area (Å²) in [6.45, 7) is 5.46. The van der Waals surface area contributed by atoms with Crippen LogP contribution < -0.4 is 4.72 Å². The lowest BCUT2D eigenvalue weighted by molar-refractivity contribution is 0.186. The Morgan fingerprint density at radius 1 is 1.33 bits per heavy atom. The molecule has 0 saturated carbocycles. The van der Waals surface area contributed by atoms with E-state index < -0.39 is 16.1 Å². The van der Waals surface area contributed by atoms with E-state index in [-0.39, 0.29) is 11.4 Å². The molecule has 1 atom stereocenters. The van der Waals surface area contributed by atoms with Crippen molar-refractivity contribution in [3.63, 3.8) is 0 Å². The van der Waals surface area contributed by atoms with Crippen LogP contribution in [0.5, 0.6) is 0 Å². The normalized spacial score (nSPS) is 13.6. The van der Waals surface area contributed by atoms with E-state index >= 15 is 0 Å². The van der Waals surface area contributed by atoms with Gasteiger partial charge in [0, 0.05) is 11.0 Å². The smallest absolute Gasteiger partial charge is 0.240 e. The third-order valence-electron chi connectivity index (χ3n) is 2.60. The van der Waals surface area contributed by atoms with E-state index in [9.17, 15) is 8.42 Å². The quantitative estimate of drug-likeness (QED) is 0.866. The zero-order valence-electron chi connectivity index (χ0n) is 10.7. The molecule has 102 valence electrons. The van der Waals surface area contributed by atoms with Crippen molar-refractivity contribution in [2.75, 3.05) is 6.54 Å². The van der Waals surface area contributed by atoms with Crippen LogP contribution in [0.25, 0.3) is 0 Å². The number of aliphatic hydroxyl groups excluding tert-OH is 1. The molecule has 18 heavy (non-hydrogen) atoms. The standard InChI is InChI=1S/C12H18BrNO3S/c1-8-7-12(9(2)6-11(8)13)18(16,17)14-5-4-10(3)15/h6-7,10,14-15H,4-5H2,1-3H3. The van der Waals surface area contributed by atoms with Gasteiger partial charge in [0.05, 0.1) is 11.0 Å². The van der Waals surface area contributed by atoms with Gasteiger partial charge in [0.15, 0.2) is 0 Å². The third-order valence-corrected chi connectivity index (χ3v) is 5.06. The first-order valence-electron chi connectivity index (χ1n) is 5.68. The average Bonchev–Trinajstić information content (AvgIpc) is 2.22. The molecule has 0 fully saturated rings. The van der Waals surface area contributed by atoms with Gasteiger partial charge in [-0.25, -0.2) is 13.1 Å². The van der Waals surface area contributed by atoms with Crippen LogP contribution in [0.15, 0.2) is 21.5 Å². The topological polar surface area (TPSA) is 66.4 Å². The first-order chi connectivity index (χ1) is 8.24. The molecule has 1 aromatic rings.